The van der Waals surface area contributed by atoms with E-state index in [4.69, 9.17) is 0 Å². The van der Waals surface area contributed by atoms with Gasteiger partial charge in [-0.3, -0.25) is 0 Å². The summed E-state index contributed by atoms with van der Waals surface area (Å²) in [5.41, 5.74) is 2.49. The fourth-order valence-electron chi connectivity index (χ4n) is 2.31. The largest absolute Gasteiger partial charge is 0.249 e. The maximum atomic E-state index is 12.7. The van der Waals surface area contributed by atoms with Crippen LogP contribution in [-0.4, -0.2) is 10.5 Å². The Morgan fingerprint density at radius 3 is 1.83 bits per heavy atom. The maximum absolute atomic E-state index is 12.7. The molecule has 3 heteroatoms. The van der Waals surface area contributed by atoms with Gasteiger partial charge in [0.1, 0.15) is 11.5 Å². The fraction of sp³-hybridized carbons (Fsp3) is 0.200. The first-order valence-electron chi connectivity index (χ1n) is 5.92. The van der Waals surface area contributed by atoms with Gasteiger partial charge in [-0.05, 0) is 23.0 Å². The molecule has 0 N–H and O–H groups in total. The molecule has 0 amide bonds. The Kier molecular flexibility index (Phi) is 3.27. The van der Waals surface area contributed by atoms with Crippen molar-refractivity contribution in [1.82, 2.24) is 0 Å². The molecular formula is C15H15OS2+. The van der Waals surface area contributed by atoms with Crippen LogP contribution in [0.2, 0.25) is 0 Å². The van der Waals surface area contributed by atoms with E-state index < -0.39 is 10.8 Å². The Labute approximate surface area is 113 Å². The predicted molar refractivity (Wildman–Crippen MR) is 78.3 cm³/mol. The van der Waals surface area contributed by atoms with E-state index in [1.807, 2.05) is 36.4 Å². The van der Waals surface area contributed by atoms with Gasteiger partial charge in [0.05, 0.1) is 26.8 Å². The monoisotopic (exact) mass is 275 g/mol. The lowest BCUT2D eigenvalue weighted by atomic mass is 10.2. The molecule has 0 aromatic heterocycles. The molecule has 18 heavy (non-hydrogen) atoms. The molecule has 0 saturated heterocycles. The van der Waals surface area contributed by atoms with E-state index >= 15 is 0 Å². The molecule has 0 aliphatic carbocycles. The Hall–Kier alpha value is -1.06. The molecule has 92 valence electrons. The van der Waals surface area contributed by atoms with Crippen LogP contribution in [0.1, 0.15) is 11.1 Å². The van der Waals surface area contributed by atoms with Gasteiger partial charge in [-0.25, -0.2) is 4.21 Å². The fourth-order valence-corrected chi connectivity index (χ4v) is 5.56. The summed E-state index contributed by atoms with van der Waals surface area (Å²) < 4.78 is 12.7. The molecule has 1 aliphatic heterocycles. The van der Waals surface area contributed by atoms with E-state index in [9.17, 15) is 4.21 Å². The predicted octanol–water partition coefficient (Wildman–Crippen LogP) is 3.12. The summed E-state index contributed by atoms with van der Waals surface area (Å²) in [6, 6.07) is 16.3. The third-order valence-corrected chi connectivity index (χ3v) is 6.35. The highest BCUT2D eigenvalue weighted by Crippen LogP contribution is 2.29. The van der Waals surface area contributed by atoms with Crippen molar-refractivity contribution >= 4 is 21.7 Å². The zero-order valence-electron chi connectivity index (χ0n) is 10.3. The van der Waals surface area contributed by atoms with Crippen molar-refractivity contribution in [2.24, 2.45) is 0 Å². The van der Waals surface area contributed by atoms with Crippen molar-refractivity contribution < 1.29 is 4.21 Å². The molecule has 2 aromatic carbocycles. The zero-order chi connectivity index (χ0) is 12.5. The topological polar surface area (TPSA) is 17.1 Å². The first-order chi connectivity index (χ1) is 8.75. The SMILES string of the molecule is C[S+]1Cc2ccccc2S(=O)c2ccccc2C1. The highest BCUT2D eigenvalue weighted by molar-refractivity contribution is 7.94. The lowest BCUT2D eigenvalue weighted by Gasteiger charge is -2.15. The van der Waals surface area contributed by atoms with Gasteiger partial charge in [0.25, 0.3) is 0 Å². The summed E-state index contributed by atoms with van der Waals surface area (Å²) in [6.45, 7) is 0. The Balaban J connectivity index is 2.20. The molecule has 0 spiro atoms. The van der Waals surface area contributed by atoms with Gasteiger partial charge < -0.3 is 0 Å². The molecule has 0 fully saturated rings. The van der Waals surface area contributed by atoms with Gasteiger partial charge in [-0.1, -0.05) is 36.4 Å². The second-order valence-corrected chi connectivity index (χ2v) is 8.11. The number of hydrogen-bond donors (Lipinski definition) is 0. The lowest BCUT2D eigenvalue weighted by molar-refractivity contribution is 0.682. The minimum absolute atomic E-state index is 0.309. The summed E-state index contributed by atoms with van der Waals surface area (Å²) >= 11 is 0. The van der Waals surface area contributed by atoms with Crippen molar-refractivity contribution in [3.05, 3.63) is 59.7 Å². The van der Waals surface area contributed by atoms with Gasteiger partial charge in [0, 0.05) is 11.1 Å². The van der Waals surface area contributed by atoms with Crippen molar-refractivity contribution in [1.29, 1.82) is 0 Å². The molecule has 1 nitrogen and oxygen atoms in total. The van der Waals surface area contributed by atoms with Crippen LogP contribution in [0, 0.1) is 0 Å². The normalized spacial score (nSPS) is 22.5. The molecular weight excluding hydrogens is 260 g/mol. The minimum atomic E-state index is -1.03. The lowest BCUT2D eigenvalue weighted by Crippen LogP contribution is -2.14. The number of rotatable bonds is 0. The highest BCUT2D eigenvalue weighted by Gasteiger charge is 2.25. The van der Waals surface area contributed by atoms with Crippen LogP contribution in [0.5, 0.6) is 0 Å². The van der Waals surface area contributed by atoms with Crippen LogP contribution >= 0.6 is 0 Å². The van der Waals surface area contributed by atoms with Gasteiger partial charge in [0.2, 0.25) is 0 Å². The quantitative estimate of drug-likeness (QED) is 0.675. The molecule has 3 rings (SSSR count). The van der Waals surface area contributed by atoms with Crippen molar-refractivity contribution in [2.45, 2.75) is 21.3 Å². The van der Waals surface area contributed by atoms with Crippen molar-refractivity contribution in [2.75, 3.05) is 6.26 Å². The summed E-state index contributed by atoms with van der Waals surface area (Å²) in [5.74, 6) is 2.08. The van der Waals surface area contributed by atoms with Crippen LogP contribution in [0.4, 0.5) is 0 Å². The zero-order valence-corrected chi connectivity index (χ0v) is 11.9. The minimum Gasteiger partial charge on any atom is -0.249 e. The molecule has 2 aromatic rings. The third-order valence-electron chi connectivity index (χ3n) is 3.15. The summed E-state index contributed by atoms with van der Waals surface area (Å²) in [4.78, 5) is 1.98. The smallest absolute Gasteiger partial charge is 0.134 e. The Morgan fingerprint density at radius 1 is 0.889 bits per heavy atom. The Bertz CT molecular complexity index is 555. The standard InChI is InChI=1S/C15H15OS2/c1-17-10-12-6-2-4-8-14(12)18(16)15-9-5-3-7-13(15)11-17/h2-9H,10-11H2,1H3/q+1. The first-order valence-corrected chi connectivity index (χ1v) is 9.04. The number of benzene rings is 2. The van der Waals surface area contributed by atoms with E-state index in [0.29, 0.717) is 10.9 Å². The van der Waals surface area contributed by atoms with Gasteiger partial charge >= 0.3 is 0 Å². The van der Waals surface area contributed by atoms with Crippen molar-refractivity contribution in [3.8, 4) is 0 Å². The molecule has 0 bridgehead atoms. The van der Waals surface area contributed by atoms with Gasteiger partial charge in [-0.15, -0.1) is 0 Å². The molecule has 0 atom stereocenters. The van der Waals surface area contributed by atoms with E-state index in [1.165, 1.54) is 11.1 Å². The summed E-state index contributed by atoms with van der Waals surface area (Å²) in [6.07, 6.45) is 2.29. The molecule has 0 unspecified atom stereocenters. The van der Waals surface area contributed by atoms with Crippen LogP contribution in [0.3, 0.4) is 0 Å². The van der Waals surface area contributed by atoms with Crippen LogP contribution in [-0.2, 0) is 33.2 Å². The van der Waals surface area contributed by atoms with E-state index in [2.05, 4.69) is 18.4 Å². The summed E-state index contributed by atoms with van der Waals surface area (Å²) in [7, 11) is -0.720. The van der Waals surface area contributed by atoms with Crippen LogP contribution in [0.25, 0.3) is 0 Å². The second kappa shape index (κ2) is 4.90. The Morgan fingerprint density at radius 2 is 1.33 bits per heavy atom. The number of hydrogen-bond acceptors (Lipinski definition) is 1. The van der Waals surface area contributed by atoms with E-state index in [-0.39, 0.29) is 0 Å². The molecule has 0 radical (unpaired) electrons. The molecule has 0 saturated carbocycles. The van der Waals surface area contributed by atoms with Crippen LogP contribution < -0.4 is 0 Å². The van der Waals surface area contributed by atoms with Gasteiger partial charge in [-0.2, -0.15) is 0 Å². The average molecular weight is 275 g/mol. The number of fused-ring (bicyclic) bond motifs is 2. The first kappa shape index (κ1) is 12.0. The summed E-state index contributed by atoms with van der Waals surface area (Å²) in [5, 5.41) is 0. The van der Waals surface area contributed by atoms with E-state index in [1.54, 1.807) is 0 Å². The van der Waals surface area contributed by atoms with Crippen molar-refractivity contribution in [3.63, 3.8) is 0 Å². The molecule has 1 aliphatic rings. The van der Waals surface area contributed by atoms with Crippen LogP contribution in [0.15, 0.2) is 58.3 Å². The van der Waals surface area contributed by atoms with Gasteiger partial charge in [0.15, 0.2) is 0 Å². The average Bonchev–Trinajstić information content (AvgIpc) is 2.38. The maximum Gasteiger partial charge on any atom is 0.134 e. The third kappa shape index (κ3) is 2.13. The van der Waals surface area contributed by atoms with E-state index in [0.717, 1.165) is 21.3 Å². The highest BCUT2D eigenvalue weighted by atomic mass is 32.2. The second-order valence-electron chi connectivity index (χ2n) is 4.55. The molecule has 1 heterocycles.